The molecular formula is C41H45ClF3N7O5. The molecule has 5 heterocycles. The summed E-state index contributed by atoms with van der Waals surface area (Å²) in [7, 11) is 2.92. The van der Waals surface area contributed by atoms with Crippen LogP contribution in [0.1, 0.15) is 72.9 Å². The Bertz CT molecular complexity index is 2130. The zero-order valence-electron chi connectivity index (χ0n) is 32.0. The van der Waals surface area contributed by atoms with Crippen molar-refractivity contribution in [3.05, 3.63) is 81.5 Å². The van der Waals surface area contributed by atoms with Gasteiger partial charge < -0.3 is 35.1 Å². The van der Waals surface area contributed by atoms with E-state index in [1.807, 2.05) is 30.3 Å². The van der Waals surface area contributed by atoms with Gasteiger partial charge in [-0.3, -0.25) is 14.6 Å². The monoisotopic (exact) mass is 807 g/mol. The first-order valence-electron chi connectivity index (χ1n) is 19.0. The fraction of sp³-hybridized carbons (Fsp3) is 0.439. The number of rotatable bonds is 13. The van der Waals surface area contributed by atoms with Crippen molar-refractivity contribution in [1.82, 2.24) is 35.8 Å². The average molecular weight is 808 g/mol. The number of carbonyl (C=O) groups is 2. The molecule has 2 fully saturated rings. The molecule has 3 aromatic heterocycles. The summed E-state index contributed by atoms with van der Waals surface area (Å²) in [6.07, 6.45) is -0.161. The van der Waals surface area contributed by atoms with Crippen LogP contribution in [-0.4, -0.2) is 77.6 Å². The molecule has 302 valence electrons. The Labute approximate surface area is 333 Å². The Balaban J connectivity index is 1.09. The van der Waals surface area contributed by atoms with E-state index < -0.39 is 23.7 Å². The van der Waals surface area contributed by atoms with Crippen LogP contribution in [0.2, 0.25) is 5.02 Å². The van der Waals surface area contributed by atoms with Crippen molar-refractivity contribution in [3.63, 3.8) is 0 Å². The number of aromatic nitrogens is 3. The number of amides is 2. The average Bonchev–Trinajstić information content (AvgIpc) is 3.82. The summed E-state index contributed by atoms with van der Waals surface area (Å²) in [5.41, 5.74) is 4.19. The molecule has 12 nitrogen and oxygen atoms in total. The molecule has 1 aromatic carbocycles. The van der Waals surface area contributed by atoms with Crippen LogP contribution in [0.15, 0.2) is 48.7 Å². The molecule has 57 heavy (non-hydrogen) atoms. The fourth-order valence-electron chi connectivity index (χ4n) is 7.84. The first kappa shape index (κ1) is 40.2. The van der Waals surface area contributed by atoms with E-state index in [0.717, 1.165) is 34.7 Å². The van der Waals surface area contributed by atoms with Gasteiger partial charge in [-0.15, -0.1) is 0 Å². The molecule has 0 spiro atoms. The second kappa shape index (κ2) is 17.2. The molecule has 0 saturated carbocycles. The SMILES string of the molecule is COc1nc(-c2ccnc(-c3cccc4c3CC[C@@H]4Oc3nc(OC)c(CNC4CCN(C(C)=O)CC4)cc3C(F)(F)F)c2Cl)ccc1CNC[C@@H]1CCC(=O)N1. The molecule has 0 radical (unpaired) electrons. The highest BCUT2D eigenvalue weighted by molar-refractivity contribution is 6.35. The quantitative estimate of drug-likeness (QED) is 0.139. The number of fused-ring (bicyclic) bond motifs is 1. The van der Waals surface area contributed by atoms with Gasteiger partial charge in [0.15, 0.2) is 0 Å². The highest BCUT2D eigenvalue weighted by Crippen LogP contribution is 2.45. The molecule has 3 N–H and O–H groups in total. The van der Waals surface area contributed by atoms with E-state index in [4.69, 9.17) is 30.8 Å². The van der Waals surface area contributed by atoms with E-state index in [2.05, 4.69) is 25.9 Å². The number of ether oxygens (including phenoxy) is 3. The largest absolute Gasteiger partial charge is 0.481 e. The molecule has 2 aliphatic heterocycles. The number of alkyl halides is 3. The van der Waals surface area contributed by atoms with Gasteiger partial charge >= 0.3 is 6.18 Å². The molecule has 1 aliphatic carbocycles. The number of hydrogen-bond donors (Lipinski definition) is 3. The van der Waals surface area contributed by atoms with Gasteiger partial charge in [0.2, 0.25) is 29.5 Å². The summed E-state index contributed by atoms with van der Waals surface area (Å²) in [5, 5.41) is 9.99. The van der Waals surface area contributed by atoms with Crippen LogP contribution in [0.4, 0.5) is 13.2 Å². The number of nitrogens with zero attached hydrogens (tertiary/aromatic N) is 4. The smallest absolute Gasteiger partial charge is 0.421 e. The van der Waals surface area contributed by atoms with Crippen LogP contribution in [0.5, 0.6) is 17.6 Å². The van der Waals surface area contributed by atoms with Gasteiger partial charge in [-0.2, -0.15) is 18.2 Å². The predicted octanol–water partition coefficient (Wildman–Crippen LogP) is 6.43. The Morgan fingerprint density at radius 2 is 1.72 bits per heavy atom. The summed E-state index contributed by atoms with van der Waals surface area (Å²) >= 11 is 7.07. The molecule has 2 amide bonds. The molecule has 2 saturated heterocycles. The van der Waals surface area contributed by atoms with Crippen molar-refractivity contribution in [2.24, 2.45) is 0 Å². The highest BCUT2D eigenvalue weighted by Gasteiger charge is 2.39. The number of carbonyl (C=O) groups excluding carboxylic acids is 2. The number of benzene rings is 1. The molecule has 16 heteroatoms. The Kier molecular flexibility index (Phi) is 12.2. The van der Waals surface area contributed by atoms with Crippen molar-refractivity contribution in [2.75, 3.05) is 33.9 Å². The molecular weight excluding hydrogens is 763 g/mol. The number of pyridine rings is 3. The van der Waals surface area contributed by atoms with Crippen LogP contribution in [0.25, 0.3) is 22.5 Å². The van der Waals surface area contributed by atoms with E-state index >= 15 is 0 Å². The summed E-state index contributed by atoms with van der Waals surface area (Å²) in [5.74, 6) is 0.000169. The standard InChI is InChI=1S/C41H45ClF3N7O5/c1-23(53)52-17-14-26(15-18-52)48-21-25-19-32(41(43,44)45)40(51-39(25)56-3)57-34-11-9-28-29(34)5-4-6-30(28)37-36(42)31(13-16-47-37)33-10-7-24(38(50-33)55-2)20-46-22-27-8-12-35(54)49-27/h4-7,10,13,16,19,26-27,34,46,48H,8-9,11-12,14-15,17-18,20-22H2,1-3H3,(H,49,54)/t27-,34-/m0/s1. The van der Waals surface area contributed by atoms with Gasteiger partial charge in [-0.1, -0.05) is 35.9 Å². The number of methoxy groups -OCH3 is 2. The van der Waals surface area contributed by atoms with Gasteiger partial charge in [-0.25, -0.2) is 4.98 Å². The van der Waals surface area contributed by atoms with E-state index in [-0.39, 0.29) is 41.9 Å². The predicted molar refractivity (Wildman–Crippen MR) is 207 cm³/mol. The molecule has 2 atom stereocenters. The zero-order valence-corrected chi connectivity index (χ0v) is 32.7. The van der Waals surface area contributed by atoms with E-state index in [1.165, 1.54) is 14.0 Å². The zero-order chi connectivity index (χ0) is 40.3. The highest BCUT2D eigenvalue weighted by atomic mass is 35.5. The number of likely N-dealkylation sites (tertiary alicyclic amines) is 1. The van der Waals surface area contributed by atoms with Crippen LogP contribution in [-0.2, 0) is 35.3 Å². The number of piperidine rings is 1. The second-order valence-electron chi connectivity index (χ2n) is 14.5. The number of nitrogens with one attached hydrogen (secondary N) is 3. The molecule has 0 bridgehead atoms. The van der Waals surface area contributed by atoms with E-state index in [9.17, 15) is 22.8 Å². The number of hydrogen-bond acceptors (Lipinski definition) is 10. The lowest BCUT2D eigenvalue weighted by atomic mass is 9.98. The Hall–Kier alpha value is -4.99. The van der Waals surface area contributed by atoms with Crippen molar-refractivity contribution in [1.29, 1.82) is 0 Å². The third kappa shape index (κ3) is 8.95. The molecule has 7 rings (SSSR count). The Morgan fingerprint density at radius 1 is 0.947 bits per heavy atom. The maximum absolute atomic E-state index is 14.6. The normalized spacial score (nSPS) is 18.4. The lowest BCUT2D eigenvalue weighted by Crippen LogP contribution is -2.44. The molecule has 3 aliphatic rings. The van der Waals surface area contributed by atoms with Gasteiger partial charge in [0.05, 0.1) is 30.6 Å². The van der Waals surface area contributed by atoms with Gasteiger partial charge in [0.1, 0.15) is 11.7 Å². The van der Waals surface area contributed by atoms with E-state index in [1.54, 1.807) is 24.3 Å². The summed E-state index contributed by atoms with van der Waals surface area (Å²) < 4.78 is 61.0. The van der Waals surface area contributed by atoms with Crippen molar-refractivity contribution in [2.45, 2.75) is 82.9 Å². The lowest BCUT2D eigenvalue weighted by Gasteiger charge is -2.32. The van der Waals surface area contributed by atoms with Crippen LogP contribution in [0.3, 0.4) is 0 Å². The minimum Gasteiger partial charge on any atom is -0.481 e. The first-order chi connectivity index (χ1) is 27.4. The summed E-state index contributed by atoms with van der Waals surface area (Å²) in [6.45, 7) is 3.94. The van der Waals surface area contributed by atoms with Crippen molar-refractivity contribution in [3.8, 4) is 40.2 Å². The number of halogens is 4. The third-order valence-corrected chi connectivity index (χ3v) is 11.2. The molecule has 4 aromatic rings. The third-order valence-electron chi connectivity index (χ3n) is 10.9. The van der Waals surface area contributed by atoms with Gasteiger partial charge in [0.25, 0.3) is 0 Å². The Morgan fingerprint density at radius 3 is 2.42 bits per heavy atom. The maximum Gasteiger partial charge on any atom is 0.421 e. The second-order valence-corrected chi connectivity index (χ2v) is 14.9. The van der Waals surface area contributed by atoms with Crippen molar-refractivity contribution >= 4 is 23.4 Å². The van der Waals surface area contributed by atoms with Crippen LogP contribution in [0, 0.1) is 0 Å². The van der Waals surface area contributed by atoms with Gasteiger partial charge in [0, 0.05) is 86.6 Å². The first-order valence-corrected chi connectivity index (χ1v) is 19.4. The minimum atomic E-state index is -4.74. The maximum atomic E-state index is 14.6. The minimum absolute atomic E-state index is 0.00991. The van der Waals surface area contributed by atoms with E-state index in [0.29, 0.717) is 86.1 Å². The van der Waals surface area contributed by atoms with Gasteiger partial charge in [-0.05, 0) is 61.4 Å². The summed E-state index contributed by atoms with van der Waals surface area (Å²) in [6, 6.07) is 12.3. The van der Waals surface area contributed by atoms with Crippen molar-refractivity contribution < 1.29 is 37.0 Å². The summed E-state index contributed by atoms with van der Waals surface area (Å²) in [4.78, 5) is 38.7. The fourth-order valence-corrected chi connectivity index (χ4v) is 8.15. The lowest BCUT2D eigenvalue weighted by molar-refractivity contribution is -0.139. The topological polar surface area (TPSA) is 140 Å². The van der Waals surface area contributed by atoms with Crippen LogP contribution >= 0.6 is 11.6 Å². The van der Waals surface area contributed by atoms with Crippen LogP contribution < -0.4 is 30.2 Å². The molecule has 0 unspecified atom stereocenters.